The van der Waals surface area contributed by atoms with Crippen molar-refractivity contribution < 1.29 is 4.79 Å². The highest BCUT2D eigenvalue weighted by atomic mass is 35.5. The zero-order valence-corrected chi connectivity index (χ0v) is 18.2. The average molecular weight is 435 g/mol. The number of aromatic nitrogens is 4. The minimum Gasteiger partial charge on any atom is -0.311 e. The second-order valence-electron chi connectivity index (χ2n) is 7.15. The first-order valence-corrected chi connectivity index (χ1v) is 9.72. The molecule has 0 aliphatic carbocycles. The van der Waals surface area contributed by atoms with Gasteiger partial charge in [-0.3, -0.25) is 14.9 Å². The van der Waals surface area contributed by atoms with Crippen molar-refractivity contribution in [2.24, 2.45) is 0 Å². The van der Waals surface area contributed by atoms with E-state index in [0.717, 1.165) is 0 Å². The van der Waals surface area contributed by atoms with Crippen LogP contribution >= 0.6 is 11.6 Å². The summed E-state index contributed by atoms with van der Waals surface area (Å²) in [6.07, 6.45) is 8.56. The number of carbonyl (C=O) groups is 1. The molecule has 0 unspecified atom stereocenters. The van der Waals surface area contributed by atoms with E-state index in [4.69, 9.17) is 18.0 Å². The molecule has 31 heavy (non-hydrogen) atoms. The van der Waals surface area contributed by atoms with Gasteiger partial charge in [0.1, 0.15) is 11.1 Å². The number of halogens is 1. The van der Waals surface area contributed by atoms with Crippen LogP contribution in [0.4, 0.5) is 5.82 Å². The first-order chi connectivity index (χ1) is 14.7. The Kier molecular flexibility index (Phi) is 5.96. The zero-order valence-electron chi connectivity index (χ0n) is 17.4. The Morgan fingerprint density at radius 3 is 2.58 bits per heavy atom. The summed E-state index contributed by atoms with van der Waals surface area (Å²) >= 11 is 6.22. The Morgan fingerprint density at radius 2 is 2.03 bits per heavy atom. The van der Waals surface area contributed by atoms with Crippen LogP contribution in [-0.2, 0) is 0 Å². The molecule has 0 amide bonds. The summed E-state index contributed by atoms with van der Waals surface area (Å²) < 4.78 is 2.94. The third-order valence-corrected chi connectivity index (χ3v) is 4.95. The number of anilines is 1. The minimum atomic E-state index is -0.325. The molecule has 9 heteroatoms. The lowest BCUT2D eigenvalue weighted by Gasteiger charge is -2.17. The van der Waals surface area contributed by atoms with Gasteiger partial charge in [-0.2, -0.15) is 10.4 Å². The number of hydrogen-bond acceptors (Lipinski definition) is 6. The molecule has 1 N–H and O–H groups in total. The van der Waals surface area contributed by atoms with Gasteiger partial charge in [-0.15, -0.1) is 0 Å². The van der Waals surface area contributed by atoms with E-state index in [9.17, 15) is 14.9 Å². The number of pyridine rings is 2. The van der Waals surface area contributed by atoms with Gasteiger partial charge in [0.2, 0.25) is 0 Å². The van der Waals surface area contributed by atoms with Crippen molar-refractivity contribution in [3.8, 4) is 35.5 Å². The zero-order chi connectivity index (χ0) is 22.9. The van der Waals surface area contributed by atoms with E-state index in [2.05, 4.69) is 27.5 Å². The lowest BCUT2D eigenvalue weighted by Crippen LogP contribution is -2.22. The quantitative estimate of drug-likeness (QED) is 0.372. The van der Waals surface area contributed by atoms with Crippen LogP contribution < -0.4 is 10.9 Å². The van der Waals surface area contributed by atoms with E-state index >= 15 is 0 Å². The van der Waals surface area contributed by atoms with Crippen LogP contribution in [0.25, 0.3) is 16.9 Å². The van der Waals surface area contributed by atoms with Gasteiger partial charge in [0.05, 0.1) is 23.0 Å². The number of hydrogen-bond donors (Lipinski definition) is 1. The number of ketones is 1. The third-order valence-electron chi connectivity index (χ3n) is 4.68. The van der Waals surface area contributed by atoms with E-state index in [0.29, 0.717) is 28.2 Å². The molecular formula is C22H19ClN6O2. The molecule has 0 saturated carbocycles. The van der Waals surface area contributed by atoms with Crippen molar-refractivity contribution >= 4 is 23.2 Å². The number of nitrogens with one attached hydrogen (secondary N) is 1. The van der Waals surface area contributed by atoms with Crippen LogP contribution in [0, 0.1) is 30.7 Å². The van der Waals surface area contributed by atoms with Gasteiger partial charge in [-0.25, -0.2) is 9.67 Å². The van der Waals surface area contributed by atoms with Gasteiger partial charge >= 0.3 is 0 Å². The fourth-order valence-corrected chi connectivity index (χ4v) is 3.31. The van der Waals surface area contributed by atoms with Gasteiger partial charge in [0.15, 0.2) is 17.4 Å². The number of nitriles is 1. The fourth-order valence-electron chi connectivity index (χ4n) is 3.10. The highest BCUT2D eigenvalue weighted by Gasteiger charge is 2.20. The Labute approximate surface area is 184 Å². The summed E-state index contributed by atoms with van der Waals surface area (Å²) in [5.41, 5.74) is 1.88. The van der Waals surface area contributed by atoms with Crippen molar-refractivity contribution in [1.82, 2.24) is 19.3 Å². The molecule has 0 radical (unpaired) electrons. The maximum absolute atomic E-state index is 12.4. The van der Waals surface area contributed by atoms with Gasteiger partial charge in [-0.05, 0) is 39.8 Å². The summed E-state index contributed by atoms with van der Waals surface area (Å²) in [6.45, 7) is 6.82. The van der Waals surface area contributed by atoms with E-state index in [-0.39, 0.29) is 33.8 Å². The standard InChI is InChI=1S/C22H19ClN6O2/c1-6-25-20-17(14(5)30)8-18(15-7-19(23)22(31)28(10-15)12(2)3)21(26-20)29-11-16(9-24)13(4)27-29/h1,7-8,10-12H,2-5H3,(H,25,26). The maximum Gasteiger partial charge on any atom is 0.269 e. The molecule has 0 aliphatic rings. The van der Waals surface area contributed by atoms with Crippen LogP contribution in [0.2, 0.25) is 5.02 Å². The molecule has 0 atom stereocenters. The summed E-state index contributed by atoms with van der Waals surface area (Å²) in [5.74, 6) is 0.247. The predicted octanol–water partition coefficient (Wildman–Crippen LogP) is 3.72. The number of carbonyl (C=O) groups excluding carboxylic acids is 1. The maximum atomic E-state index is 12.4. The third kappa shape index (κ3) is 4.07. The lowest BCUT2D eigenvalue weighted by molar-refractivity contribution is 0.101. The molecule has 0 fully saturated rings. The second-order valence-corrected chi connectivity index (χ2v) is 7.56. The first kappa shape index (κ1) is 21.8. The number of aryl methyl sites for hydroxylation is 1. The number of terminal acetylenes is 1. The molecular weight excluding hydrogens is 416 g/mol. The summed E-state index contributed by atoms with van der Waals surface area (Å²) in [5, 5.41) is 16.4. The predicted molar refractivity (Wildman–Crippen MR) is 118 cm³/mol. The molecule has 3 aromatic heterocycles. The number of rotatable bonds is 5. The van der Waals surface area contributed by atoms with Crippen molar-refractivity contribution in [3.05, 3.63) is 56.7 Å². The Balaban J connectivity index is 2.41. The molecule has 0 spiro atoms. The summed E-state index contributed by atoms with van der Waals surface area (Å²) in [4.78, 5) is 29.2. The summed E-state index contributed by atoms with van der Waals surface area (Å²) in [6, 6.07) is 7.34. The fraction of sp³-hybridized carbons (Fsp3) is 0.227. The van der Waals surface area contributed by atoms with Gasteiger partial charge < -0.3 is 4.57 Å². The summed E-state index contributed by atoms with van der Waals surface area (Å²) in [7, 11) is 0. The monoisotopic (exact) mass is 434 g/mol. The van der Waals surface area contributed by atoms with Crippen LogP contribution in [0.3, 0.4) is 0 Å². The van der Waals surface area contributed by atoms with Gasteiger partial charge in [-0.1, -0.05) is 18.0 Å². The normalized spacial score (nSPS) is 10.6. The smallest absolute Gasteiger partial charge is 0.269 e. The molecule has 8 nitrogen and oxygen atoms in total. The molecule has 0 saturated heterocycles. The second kappa shape index (κ2) is 8.47. The Hall–Kier alpha value is -3.88. The van der Waals surface area contributed by atoms with E-state index in [1.54, 1.807) is 19.2 Å². The Morgan fingerprint density at radius 1 is 1.32 bits per heavy atom. The molecule has 3 aromatic rings. The van der Waals surface area contributed by atoms with Crippen molar-refractivity contribution in [1.29, 1.82) is 5.26 Å². The van der Waals surface area contributed by atoms with Crippen LogP contribution in [0.15, 0.2) is 29.3 Å². The van der Waals surface area contributed by atoms with Crippen molar-refractivity contribution in [2.45, 2.75) is 33.7 Å². The average Bonchev–Trinajstić information content (AvgIpc) is 3.10. The Bertz CT molecular complexity index is 1340. The highest BCUT2D eigenvalue weighted by molar-refractivity contribution is 6.30. The van der Waals surface area contributed by atoms with Crippen LogP contribution in [-0.4, -0.2) is 25.1 Å². The minimum absolute atomic E-state index is 0.0294. The largest absolute Gasteiger partial charge is 0.311 e. The van der Waals surface area contributed by atoms with E-state index in [1.165, 1.54) is 28.4 Å². The molecule has 156 valence electrons. The van der Waals surface area contributed by atoms with E-state index < -0.39 is 0 Å². The van der Waals surface area contributed by atoms with Gasteiger partial charge in [0.25, 0.3) is 5.56 Å². The number of nitrogens with zero attached hydrogens (tertiary/aromatic N) is 5. The van der Waals surface area contributed by atoms with Crippen molar-refractivity contribution in [2.75, 3.05) is 5.32 Å². The molecule has 3 rings (SSSR count). The topological polar surface area (TPSA) is 106 Å². The molecule has 0 bridgehead atoms. The van der Waals surface area contributed by atoms with Crippen molar-refractivity contribution in [3.63, 3.8) is 0 Å². The van der Waals surface area contributed by atoms with Crippen LogP contribution in [0.1, 0.15) is 48.4 Å². The van der Waals surface area contributed by atoms with Crippen LogP contribution in [0.5, 0.6) is 0 Å². The van der Waals surface area contributed by atoms with Gasteiger partial charge in [0, 0.05) is 29.4 Å². The molecule has 0 aliphatic heterocycles. The first-order valence-electron chi connectivity index (χ1n) is 9.34. The molecule has 0 aromatic carbocycles. The lowest BCUT2D eigenvalue weighted by atomic mass is 10.0. The molecule has 3 heterocycles. The highest BCUT2D eigenvalue weighted by Crippen LogP contribution is 2.31. The SMILES string of the molecule is C#CNc1nc(-n2cc(C#N)c(C)n2)c(-c2cc(Cl)c(=O)n(C(C)C)c2)cc1C(C)=O. The van der Waals surface area contributed by atoms with E-state index in [1.807, 2.05) is 13.8 Å². The number of Topliss-reactive ketones (excluding diaryl/α,β-unsaturated/α-hetero) is 1.